The Morgan fingerprint density at radius 1 is 1.12 bits per heavy atom. The third kappa shape index (κ3) is 3.27. The van der Waals surface area contributed by atoms with Gasteiger partial charge in [0.25, 0.3) is 0 Å². The van der Waals surface area contributed by atoms with Crippen molar-refractivity contribution in [1.29, 1.82) is 0 Å². The molecule has 32 heavy (non-hydrogen) atoms. The topological polar surface area (TPSA) is 87.3 Å². The highest BCUT2D eigenvalue weighted by Gasteiger charge is 2.31. The molecule has 8 heteroatoms. The van der Waals surface area contributed by atoms with E-state index in [0.717, 1.165) is 0 Å². The second-order valence-electron chi connectivity index (χ2n) is 7.59. The van der Waals surface area contributed by atoms with Crippen LogP contribution >= 0.6 is 11.6 Å². The fourth-order valence-corrected chi connectivity index (χ4v) is 4.12. The van der Waals surface area contributed by atoms with Crippen LogP contribution in [0.2, 0.25) is 5.02 Å². The molecule has 0 saturated heterocycles. The van der Waals surface area contributed by atoms with Gasteiger partial charge in [0.15, 0.2) is 5.78 Å². The molecule has 4 aromatic rings. The fraction of sp³-hybridized carbons (Fsp3) is 0.125. The van der Waals surface area contributed by atoms with Gasteiger partial charge in [-0.2, -0.15) is 0 Å². The highest BCUT2D eigenvalue weighted by atomic mass is 35.5. The number of likely N-dealkylation sites (N-methyl/N-ethyl adjacent to an activating group) is 1. The van der Waals surface area contributed by atoms with Crippen LogP contribution < -0.4 is 15.0 Å². The normalized spacial score (nSPS) is 15.4. The summed E-state index contributed by atoms with van der Waals surface area (Å²) in [4.78, 5) is 34.8. The summed E-state index contributed by atoms with van der Waals surface area (Å²) >= 11 is 6.47. The number of ether oxygens (including phenoxy) is 1. The first kappa shape index (κ1) is 20.1. The van der Waals surface area contributed by atoms with Gasteiger partial charge in [-0.1, -0.05) is 29.8 Å². The molecule has 1 aliphatic rings. The zero-order valence-corrected chi connectivity index (χ0v) is 18.1. The number of H-pyrrole nitrogens is 1. The van der Waals surface area contributed by atoms with E-state index in [4.69, 9.17) is 16.3 Å². The molecule has 0 radical (unpaired) electrons. The van der Waals surface area contributed by atoms with E-state index in [-0.39, 0.29) is 16.7 Å². The van der Waals surface area contributed by atoms with Gasteiger partial charge in [-0.05, 0) is 31.2 Å². The second kappa shape index (κ2) is 7.69. The van der Waals surface area contributed by atoms with Crippen molar-refractivity contribution < 1.29 is 14.3 Å². The number of carbonyl (C=O) groups excluding carboxylic acids is 2. The van der Waals surface area contributed by atoms with Crippen molar-refractivity contribution in [2.45, 2.75) is 13.0 Å². The molecule has 7 nitrogen and oxygen atoms in total. The Bertz CT molecular complexity index is 1370. The lowest BCUT2D eigenvalue weighted by Crippen LogP contribution is -2.43. The highest BCUT2D eigenvalue weighted by Crippen LogP contribution is 2.39. The van der Waals surface area contributed by atoms with Crippen molar-refractivity contribution in [1.82, 2.24) is 9.97 Å². The predicted octanol–water partition coefficient (Wildman–Crippen LogP) is 5.02. The van der Waals surface area contributed by atoms with Gasteiger partial charge in [0, 0.05) is 24.9 Å². The average molecular weight is 447 g/mol. The monoisotopic (exact) mass is 446 g/mol. The van der Waals surface area contributed by atoms with E-state index in [9.17, 15) is 9.59 Å². The van der Waals surface area contributed by atoms with Gasteiger partial charge in [-0.3, -0.25) is 9.59 Å². The number of benzene rings is 2. The van der Waals surface area contributed by atoms with Crippen LogP contribution in [0.1, 0.15) is 22.8 Å². The van der Waals surface area contributed by atoms with E-state index in [1.807, 2.05) is 30.3 Å². The molecule has 1 aliphatic heterocycles. The van der Waals surface area contributed by atoms with Crippen molar-refractivity contribution in [3.8, 4) is 11.5 Å². The number of ketones is 1. The van der Waals surface area contributed by atoms with Crippen LogP contribution in [0, 0.1) is 0 Å². The Hall–Kier alpha value is -3.84. The van der Waals surface area contributed by atoms with Crippen molar-refractivity contribution in [2.24, 2.45) is 0 Å². The highest BCUT2D eigenvalue weighted by molar-refractivity contribution is 6.36. The molecule has 1 unspecified atom stereocenters. The molecular weight excluding hydrogens is 428 g/mol. The molecule has 0 saturated carbocycles. The summed E-state index contributed by atoms with van der Waals surface area (Å²) in [6.07, 6.45) is 3.23. The predicted molar refractivity (Wildman–Crippen MR) is 124 cm³/mol. The van der Waals surface area contributed by atoms with E-state index < -0.39 is 6.04 Å². The minimum atomic E-state index is -0.422. The first-order valence-corrected chi connectivity index (χ1v) is 10.4. The molecule has 2 aromatic heterocycles. The zero-order chi connectivity index (χ0) is 22.4. The van der Waals surface area contributed by atoms with Crippen LogP contribution in [-0.4, -0.2) is 34.7 Å². The van der Waals surface area contributed by atoms with Gasteiger partial charge in [-0.15, -0.1) is 0 Å². The standard InChI is InChI=1S/C24H19ClN4O3/c1-13-24(31)29(2)19-12-27-23-20(21(19)28-13)17(11-26-23)22(30)16-9-8-15(10-18(16)25)32-14-6-4-3-5-7-14/h3-13,28H,1-2H3,(H,26,27). The van der Waals surface area contributed by atoms with E-state index in [1.54, 1.807) is 49.5 Å². The third-order valence-corrected chi connectivity index (χ3v) is 5.83. The lowest BCUT2D eigenvalue weighted by Gasteiger charge is -2.31. The first-order valence-electron chi connectivity index (χ1n) is 10.1. The minimum Gasteiger partial charge on any atom is -0.457 e. The number of para-hydroxylation sites is 1. The largest absolute Gasteiger partial charge is 0.457 e. The van der Waals surface area contributed by atoms with E-state index in [2.05, 4.69) is 15.3 Å². The van der Waals surface area contributed by atoms with Crippen LogP contribution in [0.3, 0.4) is 0 Å². The fourth-order valence-electron chi connectivity index (χ4n) is 3.87. The van der Waals surface area contributed by atoms with Crippen molar-refractivity contribution in [3.05, 3.63) is 77.1 Å². The number of hydrogen-bond donors (Lipinski definition) is 2. The summed E-state index contributed by atoms with van der Waals surface area (Å²) < 4.78 is 5.80. The maximum absolute atomic E-state index is 13.4. The number of anilines is 2. The maximum Gasteiger partial charge on any atom is 0.249 e. The van der Waals surface area contributed by atoms with Crippen LogP contribution in [0.15, 0.2) is 60.9 Å². The van der Waals surface area contributed by atoms with Crippen molar-refractivity contribution in [3.63, 3.8) is 0 Å². The maximum atomic E-state index is 13.4. The summed E-state index contributed by atoms with van der Waals surface area (Å²) in [7, 11) is 1.70. The molecule has 2 N–H and O–H groups in total. The molecular formula is C24H19ClN4O3. The number of pyridine rings is 1. The second-order valence-corrected chi connectivity index (χ2v) is 8.00. The zero-order valence-electron chi connectivity index (χ0n) is 17.3. The summed E-state index contributed by atoms with van der Waals surface area (Å²) in [5, 5.41) is 4.12. The van der Waals surface area contributed by atoms with Crippen molar-refractivity contribution in [2.75, 3.05) is 17.3 Å². The molecule has 2 aromatic carbocycles. The van der Waals surface area contributed by atoms with Gasteiger partial charge >= 0.3 is 0 Å². The number of rotatable bonds is 4. The number of carbonyl (C=O) groups is 2. The molecule has 0 fully saturated rings. The van der Waals surface area contributed by atoms with Gasteiger partial charge in [0.1, 0.15) is 23.2 Å². The molecule has 1 amide bonds. The Labute approximate surface area is 189 Å². The number of halogens is 1. The number of hydrogen-bond acceptors (Lipinski definition) is 5. The number of amides is 1. The lowest BCUT2D eigenvalue weighted by atomic mass is 10.0. The Morgan fingerprint density at radius 2 is 1.91 bits per heavy atom. The van der Waals surface area contributed by atoms with E-state index >= 15 is 0 Å². The summed E-state index contributed by atoms with van der Waals surface area (Å²) in [5.41, 5.74) is 2.63. The van der Waals surface area contributed by atoms with Crippen LogP contribution in [0.25, 0.3) is 11.0 Å². The average Bonchev–Trinajstić information content (AvgIpc) is 3.23. The minimum absolute atomic E-state index is 0.0703. The Morgan fingerprint density at radius 3 is 2.66 bits per heavy atom. The molecule has 3 heterocycles. The molecule has 5 rings (SSSR count). The quantitative estimate of drug-likeness (QED) is 0.430. The number of nitrogens with one attached hydrogen (secondary N) is 2. The third-order valence-electron chi connectivity index (χ3n) is 5.51. The number of nitrogens with zero attached hydrogens (tertiary/aromatic N) is 2. The van der Waals surface area contributed by atoms with Crippen LogP contribution in [0.4, 0.5) is 11.4 Å². The number of aromatic amines is 1. The SMILES string of the molecule is CC1Nc2c(cnc3[nH]cc(C(=O)c4ccc(Oc5ccccc5)cc4Cl)c23)N(C)C1=O. The summed E-state index contributed by atoms with van der Waals surface area (Å²) in [6.45, 7) is 1.78. The molecule has 1 atom stereocenters. The smallest absolute Gasteiger partial charge is 0.249 e. The van der Waals surface area contributed by atoms with Crippen LogP contribution in [0.5, 0.6) is 11.5 Å². The Kier molecular flexibility index (Phi) is 4.83. The summed E-state index contributed by atoms with van der Waals surface area (Å²) in [6, 6.07) is 13.9. The Balaban J connectivity index is 1.54. The molecule has 0 aliphatic carbocycles. The van der Waals surface area contributed by atoms with Gasteiger partial charge in [-0.25, -0.2) is 4.98 Å². The molecule has 0 bridgehead atoms. The lowest BCUT2D eigenvalue weighted by molar-refractivity contribution is -0.118. The number of fused-ring (bicyclic) bond motifs is 3. The van der Waals surface area contributed by atoms with Gasteiger partial charge in [0.05, 0.1) is 33.5 Å². The summed E-state index contributed by atoms with van der Waals surface area (Å²) in [5.74, 6) is 0.887. The molecule has 0 spiro atoms. The number of aromatic nitrogens is 2. The van der Waals surface area contributed by atoms with Gasteiger partial charge < -0.3 is 19.9 Å². The first-order chi connectivity index (χ1) is 15.4. The van der Waals surface area contributed by atoms with Crippen molar-refractivity contribution >= 4 is 45.7 Å². The molecule has 160 valence electrons. The van der Waals surface area contributed by atoms with Crippen LogP contribution in [-0.2, 0) is 4.79 Å². The van der Waals surface area contributed by atoms with E-state index in [0.29, 0.717) is 45.0 Å². The van der Waals surface area contributed by atoms with E-state index in [1.165, 1.54) is 0 Å². The van der Waals surface area contributed by atoms with Gasteiger partial charge in [0.2, 0.25) is 5.91 Å².